The molecule has 4 heteroatoms. The fourth-order valence-electron chi connectivity index (χ4n) is 0.970. The summed E-state index contributed by atoms with van der Waals surface area (Å²) in [5.74, 6) is -0.435. The number of benzene rings is 1. The van der Waals surface area contributed by atoms with Crippen molar-refractivity contribution in [3.05, 3.63) is 34.6 Å². The van der Waals surface area contributed by atoms with E-state index in [0.717, 1.165) is 0 Å². The van der Waals surface area contributed by atoms with Crippen LogP contribution < -0.4 is 0 Å². The molecule has 0 fully saturated rings. The Balaban J connectivity index is 3.07. The van der Waals surface area contributed by atoms with Gasteiger partial charge in [-0.3, -0.25) is 0 Å². The van der Waals surface area contributed by atoms with Gasteiger partial charge in [0.25, 0.3) is 0 Å². The van der Waals surface area contributed by atoms with Crippen LogP contribution in [0.25, 0.3) is 0 Å². The third kappa shape index (κ3) is 2.65. The van der Waals surface area contributed by atoms with Gasteiger partial charge in [0.1, 0.15) is 5.82 Å². The van der Waals surface area contributed by atoms with Crippen molar-refractivity contribution in [1.29, 1.82) is 0 Å². The Kier molecular flexibility index (Phi) is 3.18. The molecule has 0 amide bonds. The van der Waals surface area contributed by atoms with Crippen LogP contribution in [0.3, 0.4) is 0 Å². The molecule has 1 unspecified atom stereocenters. The average Bonchev–Trinajstić information content (AvgIpc) is 2.03. The van der Waals surface area contributed by atoms with Gasteiger partial charge in [-0.15, -0.1) is 0 Å². The van der Waals surface area contributed by atoms with Crippen LogP contribution in [0.4, 0.5) is 4.39 Å². The van der Waals surface area contributed by atoms with E-state index >= 15 is 0 Å². The Morgan fingerprint density at radius 2 is 2.23 bits per heavy atom. The van der Waals surface area contributed by atoms with Crippen LogP contribution in [0.5, 0.6) is 0 Å². The van der Waals surface area contributed by atoms with E-state index in [1.165, 1.54) is 18.2 Å². The molecular weight excluding hydrogens is 193 g/mol. The number of hydrogen-bond acceptors (Lipinski definition) is 2. The van der Waals surface area contributed by atoms with Crippen LogP contribution in [-0.2, 0) is 4.79 Å². The maximum absolute atomic E-state index is 12.8. The third-order valence-electron chi connectivity index (χ3n) is 1.61. The summed E-state index contributed by atoms with van der Waals surface area (Å²) in [4.78, 5) is 13.4. The highest BCUT2D eigenvalue weighted by Crippen LogP contribution is 2.21. The van der Waals surface area contributed by atoms with Crippen molar-refractivity contribution in [2.75, 3.05) is 0 Å². The normalized spacial score (nSPS) is 11.9. The first-order chi connectivity index (χ1) is 6.13. The molecule has 0 aliphatic carbocycles. The lowest BCUT2D eigenvalue weighted by atomic mass is 10.1. The van der Waals surface area contributed by atoms with Gasteiger partial charge in [-0.1, -0.05) is 11.6 Å². The monoisotopic (exact) mass is 199 g/mol. The van der Waals surface area contributed by atoms with E-state index in [2.05, 4.69) is 4.99 Å². The predicted molar refractivity (Wildman–Crippen MR) is 47.9 cm³/mol. The Bertz CT molecular complexity index is 340. The molecule has 0 aromatic heterocycles. The molecule has 0 heterocycles. The summed E-state index contributed by atoms with van der Waals surface area (Å²) in [6, 6.07) is 3.64. The molecule has 2 nitrogen and oxygen atoms in total. The van der Waals surface area contributed by atoms with E-state index in [9.17, 15) is 9.18 Å². The molecule has 1 aromatic rings. The molecular formula is C9H7ClFNO. The van der Waals surface area contributed by atoms with E-state index in [1.807, 2.05) is 0 Å². The van der Waals surface area contributed by atoms with Crippen molar-refractivity contribution in [3.63, 3.8) is 0 Å². The van der Waals surface area contributed by atoms with Crippen LogP contribution in [0.15, 0.2) is 23.2 Å². The topological polar surface area (TPSA) is 29.4 Å². The molecule has 0 saturated carbocycles. The second-order valence-corrected chi connectivity index (χ2v) is 3.04. The zero-order valence-electron chi connectivity index (χ0n) is 6.92. The number of halogens is 2. The Hall–Kier alpha value is -1.18. The lowest BCUT2D eigenvalue weighted by molar-refractivity contribution is 0.559. The van der Waals surface area contributed by atoms with Gasteiger partial charge in [0, 0.05) is 5.02 Å². The summed E-state index contributed by atoms with van der Waals surface area (Å²) in [7, 11) is 0. The van der Waals surface area contributed by atoms with Gasteiger partial charge < -0.3 is 0 Å². The van der Waals surface area contributed by atoms with Crippen molar-refractivity contribution < 1.29 is 9.18 Å². The summed E-state index contributed by atoms with van der Waals surface area (Å²) in [5, 5.41) is 0.294. The third-order valence-corrected chi connectivity index (χ3v) is 1.83. The zero-order chi connectivity index (χ0) is 9.84. The quantitative estimate of drug-likeness (QED) is 0.532. The van der Waals surface area contributed by atoms with Crippen LogP contribution in [-0.4, -0.2) is 6.08 Å². The number of rotatable bonds is 2. The van der Waals surface area contributed by atoms with Gasteiger partial charge in [-0.2, -0.15) is 4.99 Å². The van der Waals surface area contributed by atoms with Crippen molar-refractivity contribution >= 4 is 17.7 Å². The molecule has 0 saturated heterocycles. The second kappa shape index (κ2) is 4.17. The number of nitrogens with zero attached hydrogens (tertiary/aromatic N) is 1. The highest BCUT2D eigenvalue weighted by atomic mass is 35.5. The van der Waals surface area contributed by atoms with Crippen LogP contribution in [0.2, 0.25) is 5.02 Å². The molecule has 0 spiro atoms. The Morgan fingerprint density at radius 3 is 2.77 bits per heavy atom. The van der Waals surface area contributed by atoms with Crippen molar-refractivity contribution in [2.45, 2.75) is 13.0 Å². The van der Waals surface area contributed by atoms with E-state index < -0.39 is 11.9 Å². The number of hydrogen-bond donors (Lipinski definition) is 0. The van der Waals surface area contributed by atoms with Gasteiger partial charge in [-0.25, -0.2) is 9.18 Å². The predicted octanol–water partition coefficient (Wildman–Crippen LogP) is 2.88. The lowest BCUT2D eigenvalue weighted by Gasteiger charge is -2.04. The first-order valence-electron chi connectivity index (χ1n) is 3.66. The van der Waals surface area contributed by atoms with Gasteiger partial charge in [0.2, 0.25) is 6.08 Å². The molecule has 0 N–H and O–H groups in total. The van der Waals surface area contributed by atoms with Gasteiger partial charge in [0.05, 0.1) is 6.04 Å². The smallest absolute Gasteiger partial charge is 0.211 e. The van der Waals surface area contributed by atoms with Gasteiger partial charge in [-0.05, 0) is 30.7 Å². The summed E-state index contributed by atoms with van der Waals surface area (Å²) < 4.78 is 12.8. The SMILES string of the molecule is CC(N=C=O)c1cc(F)cc(Cl)c1. The van der Waals surface area contributed by atoms with E-state index in [1.54, 1.807) is 13.0 Å². The molecule has 0 aliphatic rings. The maximum atomic E-state index is 12.8. The van der Waals surface area contributed by atoms with Gasteiger partial charge in [0.15, 0.2) is 0 Å². The number of carbonyl (C=O) groups excluding carboxylic acids is 1. The minimum Gasteiger partial charge on any atom is -0.211 e. The van der Waals surface area contributed by atoms with E-state index in [0.29, 0.717) is 10.6 Å². The highest BCUT2D eigenvalue weighted by Gasteiger charge is 2.05. The molecule has 68 valence electrons. The lowest BCUT2D eigenvalue weighted by Crippen LogP contribution is -1.90. The fraction of sp³-hybridized carbons (Fsp3) is 0.222. The van der Waals surface area contributed by atoms with Crippen LogP contribution >= 0.6 is 11.6 Å². The van der Waals surface area contributed by atoms with Crippen LogP contribution in [0.1, 0.15) is 18.5 Å². The summed E-state index contributed by atoms with van der Waals surface area (Å²) in [6.45, 7) is 1.66. The van der Waals surface area contributed by atoms with Crippen molar-refractivity contribution in [3.8, 4) is 0 Å². The number of aliphatic imine (C=N–C) groups is 1. The molecule has 0 aliphatic heterocycles. The first kappa shape index (κ1) is 9.90. The summed E-state index contributed by atoms with van der Waals surface area (Å²) in [6.07, 6.45) is 1.41. The minimum absolute atomic E-state index is 0.294. The summed E-state index contributed by atoms with van der Waals surface area (Å²) >= 11 is 5.61. The van der Waals surface area contributed by atoms with Gasteiger partial charge >= 0.3 is 0 Å². The van der Waals surface area contributed by atoms with Crippen molar-refractivity contribution in [1.82, 2.24) is 0 Å². The fourth-order valence-corrected chi connectivity index (χ4v) is 1.20. The van der Waals surface area contributed by atoms with E-state index in [4.69, 9.17) is 11.6 Å². The number of isocyanates is 1. The average molecular weight is 200 g/mol. The summed E-state index contributed by atoms with van der Waals surface area (Å²) in [5.41, 5.74) is 0.563. The molecule has 1 atom stereocenters. The first-order valence-corrected chi connectivity index (χ1v) is 4.04. The van der Waals surface area contributed by atoms with E-state index in [-0.39, 0.29) is 0 Å². The molecule has 1 aromatic carbocycles. The second-order valence-electron chi connectivity index (χ2n) is 2.60. The minimum atomic E-state index is -0.435. The Morgan fingerprint density at radius 1 is 1.54 bits per heavy atom. The largest absolute Gasteiger partial charge is 0.235 e. The van der Waals surface area contributed by atoms with Crippen molar-refractivity contribution in [2.24, 2.45) is 4.99 Å². The standard InChI is InChI=1S/C9H7ClFNO/c1-6(12-5-13)7-2-8(10)4-9(11)3-7/h2-4,6H,1H3. The van der Waals surface area contributed by atoms with Crippen LogP contribution in [0, 0.1) is 5.82 Å². The highest BCUT2D eigenvalue weighted by molar-refractivity contribution is 6.30. The molecule has 1 rings (SSSR count). The molecule has 0 radical (unpaired) electrons. The molecule has 0 bridgehead atoms. The maximum Gasteiger partial charge on any atom is 0.235 e. The Labute approximate surface area is 80.1 Å². The molecule has 13 heavy (non-hydrogen) atoms. The zero-order valence-corrected chi connectivity index (χ0v) is 7.68.